The van der Waals surface area contributed by atoms with Crippen LogP contribution in [-0.2, 0) is 23.6 Å². The standard InChI is InChI=1S/C24H32N8O3S/c1-23(5-6-23)28-36(34,35)18-3-4-20-19(11-18)21(33)31(14-17-12-27-29(2)13-17)22-26-15-24(32(20)22)7-9-30(16-24)10-8-25/h3-4,11-13,28H,5-10,14-16,25H2,1-2H3. The molecule has 1 spiro atoms. The predicted octanol–water partition coefficient (Wildman–Crippen LogP) is 0.486. The molecule has 12 heteroatoms. The van der Waals surface area contributed by atoms with Crippen molar-refractivity contribution in [3.05, 3.63) is 41.7 Å². The summed E-state index contributed by atoms with van der Waals surface area (Å²) in [5.41, 5.74) is 7.09. The third kappa shape index (κ3) is 3.83. The number of aliphatic imine (C=N–C) groups is 1. The number of benzene rings is 1. The van der Waals surface area contributed by atoms with Gasteiger partial charge in [-0.05, 0) is 44.4 Å². The molecule has 1 unspecified atom stereocenters. The fraction of sp³-hybridized carbons (Fsp3) is 0.542. The van der Waals surface area contributed by atoms with Crippen LogP contribution >= 0.6 is 0 Å². The molecule has 2 aromatic rings. The van der Waals surface area contributed by atoms with E-state index in [1.807, 2.05) is 20.2 Å². The molecule has 1 amide bonds. The third-order valence-electron chi connectivity index (χ3n) is 7.76. The molecule has 1 saturated heterocycles. The van der Waals surface area contributed by atoms with Gasteiger partial charge in [0, 0.05) is 50.5 Å². The molecule has 1 aromatic heterocycles. The first-order valence-electron chi connectivity index (χ1n) is 12.4. The molecule has 11 nitrogen and oxygen atoms in total. The number of nitrogens with one attached hydrogen (secondary N) is 1. The first kappa shape index (κ1) is 23.6. The summed E-state index contributed by atoms with van der Waals surface area (Å²) >= 11 is 0. The Morgan fingerprint density at radius 3 is 2.72 bits per heavy atom. The number of carbonyl (C=O) groups is 1. The molecule has 1 aromatic carbocycles. The van der Waals surface area contributed by atoms with Crippen LogP contribution < -0.4 is 15.4 Å². The summed E-state index contributed by atoms with van der Waals surface area (Å²) in [6.07, 6.45) is 6.11. The lowest BCUT2D eigenvalue weighted by atomic mass is 9.94. The zero-order valence-corrected chi connectivity index (χ0v) is 21.5. The number of aromatic nitrogens is 2. The van der Waals surface area contributed by atoms with E-state index in [2.05, 4.69) is 19.6 Å². The average molecular weight is 513 g/mol. The molecule has 1 aliphatic carbocycles. The summed E-state index contributed by atoms with van der Waals surface area (Å²) in [6.45, 7) is 5.84. The van der Waals surface area contributed by atoms with Gasteiger partial charge < -0.3 is 10.6 Å². The first-order valence-corrected chi connectivity index (χ1v) is 13.9. The number of sulfonamides is 1. The monoisotopic (exact) mass is 512 g/mol. The number of hydrogen-bond acceptors (Lipinski definition) is 8. The van der Waals surface area contributed by atoms with Crippen molar-refractivity contribution in [3.8, 4) is 0 Å². The number of amides is 1. The number of fused-ring (bicyclic) bond motifs is 4. The highest BCUT2D eigenvalue weighted by Crippen LogP contribution is 2.43. The fourth-order valence-electron chi connectivity index (χ4n) is 5.60. The van der Waals surface area contributed by atoms with Crippen molar-refractivity contribution < 1.29 is 13.2 Å². The van der Waals surface area contributed by atoms with Crippen LogP contribution in [0.5, 0.6) is 0 Å². The highest BCUT2D eigenvalue weighted by atomic mass is 32.2. The summed E-state index contributed by atoms with van der Waals surface area (Å²) in [6, 6.07) is 4.90. The van der Waals surface area contributed by atoms with E-state index in [9.17, 15) is 13.2 Å². The molecule has 4 heterocycles. The molecule has 0 radical (unpaired) electrons. The maximum absolute atomic E-state index is 13.9. The number of guanidine groups is 1. The number of rotatable bonds is 7. The molecule has 2 fully saturated rings. The van der Waals surface area contributed by atoms with E-state index >= 15 is 0 Å². The predicted molar refractivity (Wildman–Crippen MR) is 135 cm³/mol. The van der Waals surface area contributed by atoms with Gasteiger partial charge in [-0.3, -0.25) is 19.3 Å². The van der Waals surface area contributed by atoms with Gasteiger partial charge in [0.1, 0.15) is 0 Å². The minimum Gasteiger partial charge on any atom is -0.329 e. The molecule has 1 saturated carbocycles. The lowest BCUT2D eigenvalue weighted by Gasteiger charge is -2.43. The van der Waals surface area contributed by atoms with Gasteiger partial charge in [0.15, 0.2) is 0 Å². The number of hydrogen-bond donors (Lipinski definition) is 2. The first-order chi connectivity index (χ1) is 17.1. The minimum atomic E-state index is -3.76. The number of aryl methyl sites for hydroxylation is 1. The van der Waals surface area contributed by atoms with E-state index in [1.165, 1.54) is 6.07 Å². The van der Waals surface area contributed by atoms with Crippen LogP contribution in [0.25, 0.3) is 0 Å². The lowest BCUT2D eigenvalue weighted by molar-refractivity contribution is 0.0831. The van der Waals surface area contributed by atoms with Crippen molar-refractivity contribution in [1.29, 1.82) is 0 Å². The van der Waals surface area contributed by atoms with E-state index in [1.54, 1.807) is 27.9 Å². The van der Waals surface area contributed by atoms with Crippen molar-refractivity contribution in [2.24, 2.45) is 17.8 Å². The largest absolute Gasteiger partial charge is 0.329 e. The Balaban J connectivity index is 1.42. The van der Waals surface area contributed by atoms with Crippen molar-refractivity contribution in [3.63, 3.8) is 0 Å². The highest BCUT2D eigenvalue weighted by molar-refractivity contribution is 7.89. The Kier molecular flexibility index (Phi) is 5.31. The van der Waals surface area contributed by atoms with E-state index in [-0.39, 0.29) is 16.3 Å². The molecule has 3 aliphatic heterocycles. The zero-order valence-electron chi connectivity index (χ0n) is 20.6. The van der Waals surface area contributed by atoms with Crippen LogP contribution in [0.4, 0.5) is 5.69 Å². The third-order valence-corrected chi connectivity index (χ3v) is 9.40. The summed E-state index contributed by atoms with van der Waals surface area (Å²) in [5, 5.41) is 4.24. The van der Waals surface area contributed by atoms with Crippen molar-refractivity contribution in [1.82, 2.24) is 24.3 Å². The van der Waals surface area contributed by atoms with Gasteiger partial charge in [-0.15, -0.1) is 0 Å². The molecule has 3 N–H and O–H groups in total. The van der Waals surface area contributed by atoms with Crippen molar-refractivity contribution >= 4 is 27.6 Å². The van der Waals surface area contributed by atoms with E-state index in [0.29, 0.717) is 36.8 Å². The van der Waals surface area contributed by atoms with Gasteiger partial charge in [0.05, 0.1) is 41.0 Å². The second-order valence-corrected chi connectivity index (χ2v) is 12.4. The molecule has 0 bridgehead atoms. The van der Waals surface area contributed by atoms with Gasteiger partial charge in [-0.25, -0.2) is 18.1 Å². The molecule has 192 valence electrons. The van der Waals surface area contributed by atoms with Crippen LogP contribution in [0.3, 0.4) is 0 Å². The Morgan fingerprint density at radius 1 is 1.22 bits per heavy atom. The average Bonchev–Trinajstić information content (AvgIpc) is 3.17. The summed E-state index contributed by atoms with van der Waals surface area (Å²) in [4.78, 5) is 25.0. The van der Waals surface area contributed by atoms with Crippen molar-refractivity contribution in [2.75, 3.05) is 37.6 Å². The van der Waals surface area contributed by atoms with Crippen LogP contribution in [0.15, 0.2) is 40.5 Å². The Morgan fingerprint density at radius 2 is 2.03 bits per heavy atom. The number of anilines is 1. The SMILES string of the molecule is Cn1cc(CN2C(=O)c3cc(S(=O)(=O)NC4(C)CC4)ccc3N3C2=NCC32CCN(CCN)C2)cn1. The van der Waals surface area contributed by atoms with Crippen LogP contribution in [0.1, 0.15) is 42.1 Å². The lowest BCUT2D eigenvalue weighted by Crippen LogP contribution is -2.59. The maximum Gasteiger partial charge on any atom is 0.263 e. The van der Waals surface area contributed by atoms with Crippen molar-refractivity contribution in [2.45, 2.75) is 48.7 Å². The Hall–Kier alpha value is -2.80. The molecule has 6 rings (SSSR count). The number of carbonyl (C=O) groups excluding carboxylic acids is 1. The molecule has 36 heavy (non-hydrogen) atoms. The quantitative estimate of drug-likeness (QED) is 0.552. The molecular formula is C24H32N8O3S. The van der Waals surface area contributed by atoms with Crippen LogP contribution in [0.2, 0.25) is 0 Å². The normalized spacial score (nSPS) is 24.9. The summed E-state index contributed by atoms with van der Waals surface area (Å²) in [7, 11) is -1.92. The van der Waals surface area contributed by atoms with E-state index < -0.39 is 15.6 Å². The smallest absolute Gasteiger partial charge is 0.263 e. The minimum absolute atomic E-state index is 0.105. The number of nitrogens with zero attached hydrogens (tertiary/aromatic N) is 6. The summed E-state index contributed by atoms with van der Waals surface area (Å²) in [5.74, 6) is 0.359. The molecule has 1 atom stereocenters. The van der Waals surface area contributed by atoms with Gasteiger partial charge in [-0.2, -0.15) is 5.10 Å². The van der Waals surface area contributed by atoms with Crippen LogP contribution in [-0.4, -0.2) is 83.7 Å². The topological polar surface area (TPSA) is 129 Å². The Labute approximate surface area is 211 Å². The summed E-state index contributed by atoms with van der Waals surface area (Å²) < 4.78 is 30.8. The number of nitrogens with two attached hydrogens (primary N) is 1. The second-order valence-electron chi connectivity index (χ2n) is 10.7. The van der Waals surface area contributed by atoms with Gasteiger partial charge in [0.2, 0.25) is 16.0 Å². The maximum atomic E-state index is 13.9. The van der Waals surface area contributed by atoms with Gasteiger partial charge >= 0.3 is 0 Å². The Bertz CT molecular complexity index is 1370. The number of likely N-dealkylation sites (tertiary alicyclic amines) is 1. The highest BCUT2D eigenvalue weighted by Gasteiger charge is 2.53. The zero-order chi connectivity index (χ0) is 25.3. The van der Waals surface area contributed by atoms with Gasteiger partial charge in [-0.1, -0.05) is 0 Å². The second kappa shape index (κ2) is 8.10. The molecule has 4 aliphatic rings. The fourth-order valence-corrected chi connectivity index (χ4v) is 7.09. The van der Waals surface area contributed by atoms with E-state index in [4.69, 9.17) is 10.7 Å². The molecular weight excluding hydrogens is 480 g/mol. The van der Waals surface area contributed by atoms with E-state index in [0.717, 1.165) is 44.5 Å². The van der Waals surface area contributed by atoms with Crippen LogP contribution in [0, 0.1) is 0 Å². The van der Waals surface area contributed by atoms with Gasteiger partial charge in [0.25, 0.3) is 5.91 Å².